The number of hydrogen-bond acceptors (Lipinski definition) is 3. The van der Waals surface area contributed by atoms with Crippen molar-refractivity contribution < 1.29 is 5.11 Å². The van der Waals surface area contributed by atoms with Crippen LogP contribution >= 0.6 is 0 Å². The Balaban J connectivity index is 1.58. The Morgan fingerprint density at radius 2 is 1.96 bits per heavy atom. The summed E-state index contributed by atoms with van der Waals surface area (Å²) in [4.78, 5) is 5.00. The zero-order valence-electron chi connectivity index (χ0n) is 13.9. The number of nitrogens with zero attached hydrogens (tertiary/aromatic N) is 2. The molecule has 2 atom stereocenters. The van der Waals surface area contributed by atoms with Crippen molar-refractivity contribution in [1.29, 1.82) is 0 Å². The summed E-state index contributed by atoms with van der Waals surface area (Å²) in [7, 11) is 2.19. The smallest absolute Gasteiger partial charge is 0.116 e. The van der Waals surface area contributed by atoms with Gasteiger partial charge in [-0.3, -0.25) is 4.90 Å². The van der Waals surface area contributed by atoms with E-state index in [1.165, 1.54) is 16.8 Å². The van der Waals surface area contributed by atoms with Gasteiger partial charge in [0.15, 0.2) is 0 Å². The fourth-order valence-corrected chi connectivity index (χ4v) is 4.55. The molecular weight excluding hydrogens is 284 g/mol. The molecule has 0 saturated carbocycles. The zero-order valence-corrected chi connectivity index (χ0v) is 13.9. The minimum atomic E-state index is 0.111. The van der Waals surface area contributed by atoms with Crippen LogP contribution < -0.4 is 4.90 Å². The van der Waals surface area contributed by atoms with Gasteiger partial charge in [0.05, 0.1) is 6.17 Å². The van der Waals surface area contributed by atoms with Crippen LogP contribution in [0, 0.1) is 0 Å². The molecule has 2 aliphatic rings. The molecule has 1 fully saturated rings. The van der Waals surface area contributed by atoms with E-state index in [0.717, 1.165) is 25.9 Å². The highest BCUT2D eigenvalue weighted by Gasteiger charge is 2.53. The molecule has 4 rings (SSSR count). The van der Waals surface area contributed by atoms with Crippen molar-refractivity contribution in [2.24, 2.45) is 0 Å². The van der Waals surface area contributed by atoms with Crippen molar-refractivity contribution in [1.82, 2.24) is 4.90 Å². The maximum atomic E-state index is 9.90. The molecule has 120 valence electrons. The van der Waals surface area contributed by atoms with Crippen molar-refractivity contribution in [3.8, 4) is 5.75 Å². The average Bonchev–Trinajstić information content (AvgIpc) is 3.00. The maximum Gasteiger partial charge on any atom is 0.116 e. The van der Waals surface area contributed by atoms with Crippen molar-refractivity contribution in [3.63, 3.8) is 0 Å². The van der Waals surface area contributed by atoms with E-state index in [0.29, 0.717) is 11.9 Å². The highest BCUT2D eigenvalue weighted by molar-refractivity contribution is 5.66. The van der Waals surface area contributed by atoms with Gasteiger partial charge in [-0.1, -0.05) is 37.3 Å². The van der Waals surface area contributed by atoms with Crippen LogP contribution in [0.2, 0.25) is 0 Å². The van der Waals surface area contributed by atoms with Gasteiger partial charge in [0.25, 0.3) is 0 Å². The molecule has 2 aromatic carbocycles. The summed E-state index contributed by atoms with van der Waals surface area (Å²) in [5.74, 6) is 0.377. The first-order valence-electron chi connectivity index (χ1n) is 8.44. The molecule has 1 N–H and O–H groups in total. The van der Waals surface area contributed by atoms with Crippen LogP contribution in [0.3, 0.4) is 0 Å². The Hall–Kier alpha value is -2.00. The normalized spacial score (nSPS) is 26.3. The van der Waals surface area contributed by atoms with Crippen LogP contribution in [-0.4, -0.2) is 36.3 Å². The molecule has 2 heterocycles. The van der Waals surface area contributed by atoms with Crippen molar-refractivity contribution >= 4 is 5.69 Å². The number of rotatable bonds is 3. The fraction of sp³-hybridized carbons (Fsp3) is 0.400. The Morgan fingerprint density at radius 1 is 1.17 bits per heavy atom. The van der Waals surface area contributed by atoms with Crippen LogP contribution in [0.1, 0.15) is 24.5 Å². The Morgan fingerprint density at radius 3 is 2.74 bits per heavy atom. The Kier molecular flexibility index (Phi) is 3.34. The van der Waals surface area contributed by atoms with E-state index in [9.17, 15) is 5.11 Å². The molecule has 0 aliphatic carbocycles. The van der Waals surface area contributed by atoms with Crippen molar-refractivity contribution in [2.45, 2.75) is 31.3 Å². The third-order valence-corrected chi connectivity index (χ3v) is 5.71. The standard InChI is InChI=1S/C20H24N2O/c1-20-11-13-22(12-10-15-6-4-3-5-7-15)19(20)21(2)18-9-8-16(23)14-17(18)20/h3-9,14,19,23H,10-13H2,1-2H3. The lowest BCUT2D eigenvalue weighted by Crippen LogP contribution is -2.47. The number of benzene rings is 2. The van der Waals surface area contributed by atoms with Gasteiger partial charge in [0, 0.05) is 31.2 Å². The topological polar surface area (TPSA) is 26.7 Å². The van der Waals surface area contributed by atoms with Crippen molar-refractivity contribution in [3.05, 3.63) is 59.7 Å². The Labute approximate surface area is 138 Å². The first-order chi connectivity index (χ1) is 11.1. The van der Waals surface area contributed by atoms with Gasteiger partial charge in [0.2, 0.25) is 0 Å². The molecule has 0 bridgehead atoms. The third-order valence-electron chi connectivity index (χ3n) is 5.71. The van der Waals surface area contributed by atoms with E-state index in [1.807, 2.05) is 6.07 Å². The quantitative estimate of drug-likeness (QED) is 0.942. The SMILES string of the molecule is CN1c2ccc(O)cc2C2(C)CCN(CCc3ccccc3)C12. The van der Waals surface area contributed by atoms with Crippen LogP contribution in [0.4, 0.5) is 5.69 Å². The lowest BCUT2D eigenvalue weighted by molar-refractivity contribution is 0.226. The maximum absolute atomic E-state index is 9.90. The van der Waals surface area contributed by atoms with Crippen LogP contribution in [0.5, 0.6) is 5.75 Å². The fourth-order valence-electron chi connectivity index (χ4n) is 4.55. The number of aromatic hydroxyl groups is 1. The van der Waals surface area contributed by atoms with Crippen LogP contribution in [0.15, 0.2) is 48.5 Å². The Bertz CT molecular complexity index is 715. The van der Waals surface area contributed by atoms with E-state index in [4.69, 9.17) is 0 Å². The van der Waals surface area contributed by atoms with Crippen LogP contribution in [-0.2, 0) is 11.8 Å². The second-order valence-electron chi connectivity index (χ2n) is 7.13. The van der Waals surface area contributed by atoms with E-state index >= 15 is 0 Å². The molecule has 0 radical (unpaired) electrons. The van der Waals surface area contributed by atoms with E-state index in [-0.39, 0.29) is 5.41 Å². The van der Waals surface area contributed by atoms with E-state index in [1.54, 1.807) is 6.07 Å². The van der Waals surface area contributed by atoms with Gasteiger partial charge in [-0.15, -0.1) is 0 Å². The van der Waals surface area contributed by atoms with E-state index in [2.05, 4.69) is 60.2 Å². The summed E-state index contributed by atoms with van der Waals surface area (Å²) in [6.45, 7) is 4.55. The second-order valence-corrected chi connectivity index (χ2v) is 7.13. The summed E-state index contributed by atoms with van der Waals surface area (Å²) in [6, 6.07) is 16.5. The molecule has 0 amide bonds. The highest BCUT2D eigenvalue weighted by atomic mass is 16.3. The predicted octanol–water partition coefficient (Wildman–Crippen LogP) is 3.37. The number of phenolic OH excluding ortho intramolecular Hbond substituents is 1. The first kappa shape index (κ1) is 14.6. The highest BCUT2D eigenvalue weighted by Crippen LogP contribution is 2.52. The molecule has 2 unspecified atom stereocenters. The molecule has 0 aromatic heterocycles. The summed E-state index contributed by atoms with van der Waals surface area (Å²) in [6.07, 6.45) is 2.62. The summed E-state index contributed by atoms with van der Waals surface area (Å²) in [5.41, 5.74) is 4.07. The average molecular weight is 308 g/mol. The molecule has 3 nitrogen and oxygen atoms in total. The van der Waals surface area contributed by atoms with E-state index < -0.39 is 0 Å². The third kappa shape index (κ3) is 2.22. The lowest BCUT2D eigenvalue weighted by atomic mass is 9.81. The minimum Gasteiger partial charge on any atom is -0.508 e. The lowest BCUT2D eigenvalue weighted by Gasteiger charge is -2.34. The first-order valence-corrected chi connectivity index (χ1v) is 8.44. The van der Waals surface area contributed by atoms with Gasteiger partial charge in [-0.05, 0) is 42.2 Å². The second kappa shape index (κ2) is 5.27. The minimum absolute atomic E-state index is 0.111. The number of likely N-dealkylation sites (tertiary alicyclic amines) is 1. The van der Waals surface area contributed by atoms with Gasteiger partial charge in [0.1, 0.15) is 5.75 Å². The molecule has 3 heteroatoms. The van der Waals surface area contributed by atoms with Gasteiger partial charge >= 0.3 is 0 Å². The van der Waals surface area contributed by atoms with Gasteiger partial charge in [-0.25, -0.2) is 0 Å². The van der Waals surface area contributed by atoms with Crippen molar-refractivity contribution in [2.75, 3.05) is 25.0 Å². The largest absolute Gasteiger partial charge is 0.508 e. The molecule has 2 aromatic rings. The van der Waals surface area contributed by atoms with Crippen LogP contribution in [0.25, 0.3) is 0 Å². The number of fused-ring (bicyclic) bond motifs is 3. The van der Waals surface area contributed by atoms with Gasteiger partial charge < -0.3 is 10.0 Å². The monoisotopic (exact) mass is 308 g/mol. The number of anilines is 1. The zero-order chi connectivity index (χ0) is 16.0. The summed E-state index contributed by atoms with van der Waals surface area (Å²) in [5, 5.41) is 9.90. The molecule has 0 spiro atoms. The molecule has 2 aliphatic heterocycles. The number of phenols is 1. The summed E-state index contributed by atoms with van der Waals surface area (Å²) < 4.78 is 0. The molecule has 1 saturated heterocycles. The predicted molar refractivity (Wildman–Crippen MR) is 94.0 cm³/mol. The summed E-state index contributed by atoms with van der Waals surface area (Å²) >= 11 is 0. The van der Waals surface area contributed by atoms with Gasteiger partial charge in [-0.2, -0.15) is 0 Å². The molecular formula is C20H24N2O. The number of likely N-dealkylation sites (N-methyl/N-ethyl adjacent to an activating group) is 1. The molecule has 23 heavy (non-hydrogen) atoms. The number of hydrogen-bond donors (Lipinski definition) is 1.